The third kappa shape index (κ3) is 51.9. The number of hydrogen-bond acceptors (Lipinski definition) is 60. The van der Waals surface area contributed by atoms with Gasteiger partial charge in [-0.25, -0.2) is 109 Å². The third-order valence-electron chi connectivity index (χ3n) is 22.0. The minimum atomic E-state index is -7.22. The molecule has 4 heterocycles. The van der Waals surface area contributed by atoms with Crippen LogP contribution < -0.4 is 384 Å². The van der Waals surface area contributed by atoms with Gasteiger partial charge in [-0.05, 0) is 110 Å². The molecule has 0 aromatic carbocycles. The molecular weight excluding hydrogens is 2290 g/mol. The Morgan fingerprint density at radius 3 is 0.832 bits per heavy atom. The average molecular weight is 2360 g/mol. The maximum absolute atomic E-state index is 13.3. The molecule has 0 bridgehead atoms. The van der Waals surface area contributed by atoms with Crippen molar-refractivity contribution in [2.24, 2.45) is 52.3 Å². The minimum Gasteiger partial charge on any atom is -0.726 e. The van der Waals surface area contributed by atoms with Gasteiger partial charge < -0.3 is 97.1 Å². The summed E-state index contributed by atoms with van der Waals surface area (Å²) in [6.45, 7) is 1.29. The van der Waals surface area contributed by atoms with Gasteiger partial charge in [0.2, 0.25) is 135 Å². The number of rotatable bonds is 43. The average Bonchev–Trinajstić information content (AvgIpc) is 1.62. The van der Waals surface area contributed by atoms with Crippen molar-refractivity contribution in [3.63, 3.8) is 0 Å². The number of hydrogen-bond donors (Lipinski definition) is 0. The second kappa shape index (κ2) is 63.6. The van der Waals surface area contributed by atoms with Crippen molar-refractivity contribution in [2.45, 2.75) is 241 Å². The molecule has 0 unspecified atom stereocenters. The van der Waals surface area contributed by atoms with Crippen LogP contribution in [0.2, 0.25) is 0 Å². The number of ether oxygens (including phenoxy) is 8. The summed E-state index contributed by atoms with van der Waals surface area (Å²) >= 11 is 0. The van der Waals surface area contributed by atoms with Crippen molar-refractivity contribution in [3.05, 3.63) is 0 Å². The van der Waals surface area contributed by atoms with E-state index in [1.54, 1.807) is 0 Å². The molecule has 0 spiro atoms. The van der Waals surface area contributed by atoms with Gasteiger partial charge in [-0.2, -0.15) is 0 Å². The molecular formula is C51H75Na13O60S13. The van der Waals surface area contributed by atoms with Crippen LogP contribution in [0.4, 0.5) is 0 Å². The van der Waals surface area contributed by atoms with Crippen molar-refractivity contribution in [1.29, 1.82) is 0 Å². The van der Waals surface area contributed by atoms with Crippen LogP contribution in [0.5, 0.6) is 0 Å². The Bertz CT molecular complexity index is 5380. The van der Waals surface area contributed by atoms with Crippen LogP contribution >= 0.6 is 0 Å². The molecule has 0 radical (unpaired) electrons. The first-order valence-electron chi connectivity index (χ1n) is 35.4. The first-order valence-corrected chi connectivity index (χ1v) is 52.7. The molecule has 86 heteroatoms. The van der Waals surface area contributed by atoms with E-state index in [-0.39, 0.29) is 427 Å². The van der Waals surface area contributed by atoms with Crippen molar-refractivity contribution >= 4 is 135 Å². The van der Waals surface area contributed by atoms with Gasteiger partial charge in [0.15, 0.2) is 43.5 Å². The zero-order valence-corrected chi connectivity index (χ0v) is 113. The van der Waals surface area contributed by atoms with Crippen molar-refractivity contribution in [3.8, 4) is 0 Å². The molecule has 4 saturated heterocycles. The van der Waals surface area contributed by atoms with Gasteiger partial charge in [0.1, 0.15) is 79.4 Å². The van der Waals surface area contributed by atoms with Crippen molar-refractivity contribution < 1.29 is 645 Å². The minimum absolute atomic E-state index is 0. The van der Waals surface area contributed by atoms with E-state index >= 15 is 0 Å². The summed E-state index contributed by atoms with van der Waals surface area (Å²) in [4.78, 5) is 0. The monoisotopic (exact) mass is 2360 g/mol. The smallest absolute Gasteiger partial charge is 0.726 e. The maximum atomic E-state index is 13.3. The SMILES string of the molecule is CC(C)CCC[C@@H](C)[C@H]1CC[C@H]2[C@@H]3CC[C@H]4C[C@@H](O[C@H]5O[C@H](COS(=O)(=O)[O-])[C@@H](OS(=O)(=O)[O-])[C@H](OS(=O)(=O)[O-])[C@@H]5O[C@H]5O[C@H](COS(=O)(=O)[O-])[C@@H](OS(=O)(=O)[O-])[C@H](O[C@H]6O[C@H](COS(=O)(=O)[O-])[C@@H](OS(=O)(=O)[O-])[C@H](O[C@H]7O[C@H](COS(=O)(=O)[O-])[C@@H](OS(=O)(=O)[O-])[C@H](OS(=O)(=O)[O-])[C@@H]7OS(=O)(=O)[O-])[C@@H]6OS(=O)(=O)[O-])[C@@H]5OS(=O)(=O)[O-])CC[C@]4(C)[C@H]3CC[C@]12C.[Na+].[Na+].[Na+].[Na+].[Na+].[Na+].[Na+].[Na+].[Na+].[Na+].[Na+].[Na+].[Na+]. The van der Waals surface area contributed by atoms with Crippen LogP contribution in [0.3, 0.4) is 0 Å². The summed E-state index contributed by atoms with van der Waals surface area (Å²) in [6, 6.07) is 0. The molecule has 4 aliphatic heterocycles. The summed E-state index contributed by atoms with van der Waals surface area (Å²) in [5.41, 5.74) is -0.696. The predicted octanol–water partition coefficient (Wildman–Crippen LogP) is -46.9. The molecule has 4 aliphatic carbocycles. The second-order valence-corrected chi connectivity index (χ2v) is 43.5. The molecule has 0 N–H and O–H groups in total. The van der Waals surface area contributed by atoms with E-state index < -0.39 is 302 Å². The van der Waals surface area contributed by atoms with Crippen LogP contribution in [0.1, 0.15) is 112 Å². The van der Waals surface area contributed by atoms with Gasteiger partial charge >= 0.3 is 384 Å². The largest absolute Gasteiger partial charge is 1.00 e. The molecule has 8 rings (SSSR count). The van der Waals surface area contributed by atoms with E-state index in [4.69, 9.17) is 37.9 Å². The molecule has 60 nitrogen and oxygen atoms in total. The van der Waals surface area contributed by atoms with Crippen LogP contribution in [-0.2, 0) is 227 Å². The number of fused-ring (bicyclic) bond motifs is 5. The Labute approximate surface area is 1080 Å². The predicted molar refractivity (Wildman–Crippen MR) is 361 cm³/mol. The Hall–Kier alpha value is 11.0. The molecule has 0 aromatic rings. The van der Waals surface area contributed by atoms with Gasteiger partial charge in [-0.1, -0.05) is 53.9 Å². The molecule has 730 valence electrons. The Balaban J connectivity index is -0.00000330. The third-order valence-corrected chi connectivity index (χ3v) is 27.8. The molecule has 29 atom stereocenters. The topological polar surface area (TPSA) is 937 Å². The summed E-state index contributed by atoms with van der Waals surface area (Å²) < 4.78 is 588. The van der Waals surface area contributed by atoms with Gasteiger partial charge in [-0.3, -0.25) is 54.4 Å². The second-order valence-electron chi connectivity index (χ2n) is 30.2. The summed E-state index contributed by atoms with van der Waals surface area (Å²) in [5, 5.41) is 0. The first-order chi connectivity index (χ1) is 55.9. The van der Waals surface area contributed by atoms with Gasteiger partial charge in [0, 0.05) is 0 Å². The fourth-order valence-corrected chi connectivity index (χ4v) is 23.4. The molecule has 8 fully saturated rings. The zero-order chi connectivity index (χ0) is 93.8. The normalized spacial score (nSPS) is 33.6. The maximum Gasteiger partial charge on any atom is 1.00 e. The molecule has 0 aromatic heterocycles. The van der Waals surface area contributed by atoms with E-state index in [2.05, 4.69) is 82.1 Å². The van der Waals surface area contributed by atoms with E-state index in [1.807, 2.05) is 6.92 Å². The van der Waals surface area contributed by atoms with E-state index in [0.29, 0.717) is 37.0 Å². The van der Waals surface area contributed by atoms with Crippen LogP contribution in [-0.4, -0.2) is 324 Å². The zero-order valence-electron chi connectivity index (χ0n) is 76.3. The van der Waals surface area contributed by atoms with Gasteiger partial charge in [0.05, 0.1) is 32.5 Å². The molecule has 0 amide bonds. The van der Waals surface area contributed by atoms with Crippen LogP contribution in [0.15, 0.2) is 0 Å². The fourth-order valence-electron chi connectivity index (χ4n) is 17.8. The molecule has 4 saturated carbocycles. The van der Waals surface area contributed by atoms with Crippen molar-refractivity contribution in [2.75, 3.05) is 26.4 Å². The Kier molecular flexibility index (Phi) is 73.6. The Morgan fingerprint density at radius 1 is 0.277 bits per heavy atom. The van der Waals surface area contributed by atoms with E-state index in [1.165, 1.54) is 0 Å². The van der Waals surface area contributed by atoms with Gasteiger partial charge in [-0.15, -0.1) is 0 Å². The summed E-state index contributed by atoms with van der Waals surface area (Å²) in [7, 11) is -88.1. The van der Waals surface area contributed by atoms with E-state index in [0.717, 1.165) is 38.5 Å². The Morgan fingerprint density at radius 2 is 0.533 bits per heavy atom. The van der Waals surface area contributed by atoms with Crippen LogP contribution in [0.25, 0.3) is 0 Å². The van der Waals surface area contributed by atoms with Crippen molar-refractivity contribution in [1.82, 2.24) is 0 Å². The van der Waals surface area contributed by atoms with Crippen LogP contribution in [0, 0.1) is 52.3 Å². The summed E-state index contributed by atoms with van der Waals surface area (Å²) in [5.74, 6) is 1.11. The van der Waals surface area contributed by atoms with Gasteiger partial charge in [0.25, 0.3) is 0 Å². The molecule has 8 aliphatic rings. The first kappa shape index (κ1) is 159. The fraction of sp³-hybridized carbons (Fsp3) is 1.00. The quantitative estimate of drug-likeness (QED) is 0.0237. The van der Waals surface area contributed by atoms with E-state index in [9.17, 15) is 169 Å². The summed E-state index contributed by atoms with van der Waals surface area (Å²) in [6.07, 6.45) is -69.7. The standard InChI is InChI=1S/C51H88O60S13.13Na/c1-22(2)7-6-8-23(3)27-11-12-28-26-10-9-24-17-25(13-15-50(24,4)29(26)14-16-51(27,28)5)95-46-42(40(107-120(76,77)78)36(105-118(70,71)72)32(96-46)20-93-114(58,59)60)102-48-44(110-123(85,86)87)39(35(104-117(67,68)69)31(98-48)19-92-113(55,56)57)100-47-43(109-122(82,83)84)38(34(103-116(64,65)66)30(97-47)18-91-112(52,53)54)101-49-45(111-124(88,89)90)41(108-121(79,80)81)37(106-119(73,74)75)33(99-49)21-94-115(61,62)63;;;;;;;;;;;;;/h22-49H,6-21H2,1-5H3,(H,52,53,54)(H,55,56,57)(H,58,59,60)(H,61,62,63)(H,64,65,66)(H,67,68,69)(H,70,71,72)(H,73,74,75)(H,76,77,78)(H,79,80,81)(H,82,83,84)(H,85,86,87)(H,88,89,90);;;;;;;;;;;;;/q;13*+1/p-13/t23-,24+,25+,26+,27-,28+,29+,30-,31-,32-,33-,34-,35-,36-,37-,38+,39+,40+,41+,42+,43+,44+,45+,46+,47-,48-,49-,50+,51-;;;;;;;;;;;;;/m1............./s1. The molecule has 137 heavy (non-hydrogen) atoms.